The van der Waals surface area contributed by atoms with Crippen LogP contribution >= 0.6 is 0 Å². The fourth-order valence-corrected chi connectivity index (χ4v) is 4.65. The van der Waals surface area contributed by atoms with E-state index < -0.39 is 6.04 Å². The first-order chi connectivity index (χ1) is 13.5. The van der Waals surface area contributed by atoms with E-state index >= 15 is 0 Å². The van der Waals surface area contributed by atoms with Crippen molar-refractivity contribution in [1.82, 2.24) is 20.9 Å². The van der Waals surface area contributed by atoms with E-state index in [0.29, 0.717) is 18.5 Å². The zero-order valence-corrected chi connectivity index (χ0v) is 15.9. The number of nitrogens with zero attached hydrogens (tertiary/aromatic N) is 1. The molecule has 0 radical (unpaired) electrons. The van der Waals surface area contributed by atoms with Gasteiger partial charge < -0.3 is 15.5 Å². The van der Waals surface area contributed by atoms with Crippen LogP contribution in [0.5, 0.6) is 0 Å². The molecular weight excluding hydrogens is 356 g/mol. The number of carbonyl (C=O) groups excluding carboxylic acids is 3. The van der Waals surface area contributed by atoms with Gasteiger partial charge in [0.05, 0.1) is 0 Å². The van der Waals surface area contributed by atoms with Gasteiger partial charge in [-0.25, -0.2) is 0 Å². The van der Waals surface area contributed by atoms with Crippen molar-refractivity contribution in [2.45, 2.75) is 56.8 Å². The zero-order chi connectivity index (χ0) is 19.3. The summed E-state index contributed by atoms with van der Waals surface area (Å²) in [7, 11) is 0. The fourth-order valence-electron chi connectivity index (χ4n) is 4.65. The number of benzene rings is 1. The van der Waals surface area contributed by atoms with E-state index in [0.717, 1.165) is 36.7 Å². The van der Waals surface area contributed by atoms with E-state index in [-0.39, 0.29) is 29.7 Å². The molecule has 1 saturated carbocycles. The van der Waals surface area contributed by atoms with E-state index in [4.69, 9.17) is 0 Å². The highest BCUT2D eigenvalue weighted by Crippen LogP contribution is 2.42. The van der Waals surface area contributed by atoms with Gasteiger partial charge in [-0.2, -0.15) is 0 Å². The second-order valence-corrected chi connectivity index (χ2v) is 8.75. The molecular formula is C21H26N4O3. The summed E-state index contributed by atoms with van der Waals surface area (Å²) < 4.78 is 0. The third-order valence-electron chi connectivity index (χ3n) is 6.66. The largest absolute Gasteiger partial charge is 0.322 e. The van der Waals surface area contributed by atoms with Gasteiger partial charge in [-0.05, 0) is 61.9 Å². The van der Waals surface area contributed by atoms with Crippen molar-refractivity contribution in [3.8, 4) is 0 Å². The second-order valence-electron chi connectivity index (χ2n) is 8.75. The van der Waals surface area contributed by atoms with Crippen molar-refractivity contribution in [1.29, 1.82) is 0 Å². The van der Waals surface area contributed by atoms with E-state index in [1.54, 1.807) is 4.90 Å². The predicted molar refractivity (Wildman–Crippen MR) is 102 cm³/mol. The molecule has 7 nitrogen and oxygen atoms in total. The van der Waals surface area contributed by atoms with Crippen LogP contribution in [0.3, 0.4) is 0 Å². The van der Waals surface area contributed by atoms with E-state index in [2.05, 4.69) is 22.0 Å². The molecule has 7 heteroatoms. The average molecular weight is 382 g/mol. The van der Waals surface area contributed by atoms with Crippen LogP contribution in [0.4, 0.5) is 0 Å². The first-order valence-electron chi connectivity index (χ1n) is 10.3. The molecule has 3 aliphatic heterocycles. The Morgan fingerprint density at radius 3 is 2.68 bits per heavy atom. The molecule has 3 heterocycles. The Morgan fingerprint density at radius 1 is 1.18 bits per heavy atom. The number of hydrogen-bond donors (Lipinski definition) is 3. The van der Waals surface area contributed by atoms with Crippen LogP contribution in [-0.4, -0.2) is 47.3 Å². The summed E-state index contributed by atoms with van der Waals surface area (Å²) in [6, 6.07) is 5.50. The summed E-state index contributed by atoms with van der Waals surface area (Å²) in [4.78, 5) is 38.1. The highest BCUT2D eigenvalue weighted by atomic mass is 16.2. The third-order valence-corrected chi connectivity index (χ3v) is 6.66. The third kappa shape index (κ3) is 3.22. The molecule has 0 bridgehead atoms. The molecule has 28 heavy (non-hydrogen) atoms. The van der Waals surface area contributed by atoms with Gasteiger partial charge in [0.1, 0.15) is 6.04 Å². The van der Waals surface area contributed by atoms with Gasteiger partial charge in [-0.1, -0.05) is 12.1 Å². The van der Waals surface area contributed by atoms with E-state index in [1.807, 2.05) is 12.1 Å². The fraction of sp³-hybridized carbons (Fsp3) is 0.571. The normalized spacial score (nSPS) is 26.1. The smallest absolute Gasteiger partial charge is 0.255 e. The number of rotatable bonds is 6. The van der Waals surface area contributed by atoms with Gasteiger partial charge in [-0.15, -0.1) is 0 Å². The predicted octanol–water partition coefficient (Wildman–Crippen LogP) is 0.679. The van der Waals surface area contributed by atoms with Crippen LogP contribution in [-0.2, 0) is 22.7 Å². The molecule has 3 amide bonds. The maximum Gasteiger partial charge on any atom is 0.255 e. The second kappa shape index (κ2) is 6.67. The van der Waals surface area contributed by atoms with Gasteiger partial charge in [-0.3, -0.25) is 19.7 Å². The Bertz CT molecular complexity index is 844. The van der Waals surface area contributed by atoms with Crippen LogP contribution in [0.15, 0.2) is 18.2 Å². The zero-order valence-electron chi connectivity index (χ0n) is 15.9. The van der Waals surface area contributed by atoms with Crippen LogP contribution in [0.2, 0.25) is 0 Å². The lowest BCUT2D eigenvalue weighted by Crippen LogP contribution is -2.52. The molecule has 1 unspecified atom stereocenters. The lowest BCUT2D eigenvalue weighted by atomic mass is 9.93. The van der Waals surface area contributed by atoms with Gasteiger partial charge >= 0.3 is 0 Å². The molecule has 1 aromatic rings. The molecule has 0 spiro atoms. The molecule has 1 aromatic carbocycles. The summed E-state index contributed by atoms with van der Waals surface area (Å²) in [5.74, 6) is 0.0672. The SMILES string of the molecule is O=C1CCC(N2Cc3ccc(CNC4(CC5CNC5)CC4)cc3C2=O)C(=O)N1. The van der Waals surface area contributed by atoms with Crippen LogP contribution < -0.4 is 16.0 Å². The van der Waals surface area contributed by atoms with Gasteiger partial charge in [0, 0.05) is 30.6 Å². The van der Waals surface area contributed by atoms with Crippen molar-refractivity contribution in [3.63, 3.8) is 0 Å². The maximum absolute atomic E-state index is 12.9. The number of fused-ring (bicyclic) bond motifs is 1. The molecule has 148 valence electrons. The topological polar surface area (TPSA) is 90.5 Å². The van der Waals surface area contributed by atoms with Gasteiger partial charge in [0.2, 0.25) is 11.8 Å². The molecule has 3 fully saturated rings. The molecule has 2 saturated heterocycles. The molecule has 1 aliphatic carbocycles. The first kappa shape index (κ1) is 17.8. The Morgan fingerprint density at radius 2 is 2.00 bits per heavy atom. The molecule has 5 rings (SSSR count). The minimum absolute atomic E-state index is 0.104. The van der Waals surface area contributed by atoms with Crippen LogP contribution in [0.1, 0.15) is 53.6 Å². The average Bonchev–Trinajstić information content (AvgIpc) is 3.35. The van der Waals surface area contributed by atoms with Crippen LogP contribution in [0, 0.1) is 5.92 Å². The highest BCUT2D eigenvalue weighted by Gasteiger charge is 2.44. The van der Waals surface area contributed by atoms with Crippen molar-refractivity contribution in [2.24, 2.45) is 5.92 Å². The highest BCUT2D eigenvalue weighted by molar-refractivity contribution is 6.05. The van der Waals surface area contributed by atoms with Crippen molar-refractivity contribution >= 4 is 17.7 Å². The summed E-state index contributed by atoms with van der Waals surface area (Å²) in [5, 5.41) is 9.41. The Hall–Kier alpha value is -2.25. The lowest BCUT2D eigenvalue weighted by molar-refractivity contribution is -0.136. The van der Waals surface area contributed by atoms with E-state index in [9.17, 15) is 14.4 Å². The Kier molecular flexibility index (Phi) is 4.25. The van der Waals surface area contributed by atoms with Gasteiger partial charge in [0.15, 0.2) is 0 Å². The Balaban J connectivity index is 1.25. The number of carbonyl (C=O) groups is 3. The summed E-state index contributed by atoms with van der Waals surface area (Å²) in [5.41, 5.74) is 3.04. The first-order valence-corrected chi connectivity index (χ1v) is 10.3. The van der Waals surface area contributed by atoms with Crippen LogP contribution in [0.25, 0.3) is 0 Å². The maximum atomic E-state index is 12.9. The van der Waals surface area contributed by atoms with Crippen molar-refractivity contribution in [3.05, 3.63) is 34.9 Å². The molecule has 4 aliphatic rings. The number of imide groups is 1. The molecule has 0 aromatic heterocycles. The quantitative estimate of drug-likeness (QED) is 0.630. The standard InChI is InChI=1S/C21H26N4O3/c26-18-4-3-17(19(27)24-18)25-12-15-2-1-13(7-16(15)20(25)28)11-23-21(5-6-21)8-14-9-22-10-14/h1-2,7,14,17,22-23H,3-6,8-12H2,(H,24,26,27). The minimum Gasteiger partial charge on any atom is -0.322 e. The summed E-state index contributed by atoms with van der Waals surface area (Å²) in [6.07, 6.45) is 4.38. The number of amides is 3. The van der Waals surface area contributed by atoms with Crippen molar-refractivity contribution in [2.75, 3.05) is 13.1 Å². The summed E-state index contributed by atoms with van der Waals surface area (Å²) in [6.45, 7) is 3.46. The minimum atomic E-state index is -0.551. The lowest BCUT2D eigenvalue weighted by Gasteiger charge is -2.31. The van der Waals surface area contributed by atoms with Gasteiger partial charge in [0.25, 0.3) is 5.91 Å². The van der Waals surface area contributed by atoms with E-state index in [1.165, 1.54) is 19.3 Å². The molecule has 1 atom stereocenters. The summed E-state index contributed by atoms with van der Waals surface area (Å²) >= 11 is 0. The number of hydrogen-bond acceptors (Lipinski definition) is 5. The number of nitrogens with one attached hydrogen (secondary N) is 3. The monoisotopic (exact) mass is 382 g/mol. The van der Waals surface area contributed by atoms with Crippen molar-refractivity contribution < 1.29 is 14.4 Å². The number of piperidine rings is 1. The Labute approximate surface area is 164 Å². The molecule has 3 N–H and O–H groups in total.